The second kappa shape index (κ2) is 7.41. The molecule has 19 heavy (non-hydrogen) atoms. The minimum Gasteiger partial charge on any atom is -0.419 e. The Bertz CT molecular complexity index is 356. The average molecular weight is 295 g/mol. The van der Waals surface area contributed by atoms with Crippen LogP contribution in [0.3, 0.4) is 0 Å². The molecule has 1 aromatic rings. The van der Waals surface area contributed by atoms with E-state index in [1.165, 1.54) is 24.2 Å². The van der Waals surface area contributed by atoms with Crippen LogP contribution in [0.25, 0.3) is 0 Å². The summed E-state index contributed by atoms with van der Waals surface area (Å²) >= 11 is 0. The molecule has 108 valence electrons. The summed E-state index contributed by atoms with van der Waals surface area (Å²) in [5, 5.41) is 1.63. The van der Waals surface area contributed by atoms with E-state index in [0.29, 0.717) is 0 Å². The largest absolute Gasteiger partial charge is 0.419 e. The predicted molar refractivity (Wildman–Crippen MR) is 91.1 cm³/mol. The van der Waals surface area contributed by atoms with E-state index < -0.39 is 15.4 Å². The van der Waals surface area contributed by atoms with Crippen molar-refractivity contribution in [3.8, 4) is 0 Å². The Morgan fingerprint density at radius 3 is 1.68 bits per heavy atom. The van der Waals surface area contributed by atoms with E-state index in [2.05, 4.69) is 65.0 Å². The molecular formula is C16H30OSi2. The van der Waals surface area contributed by atoms with Crippen LogP contribution >= 0.6 is 0 Å². The van der Waals surface area contributed by atoms with Gasteiger partial charge in [-0.05, 0) is 19.0 Å². The summed E-state index contributed by atoms with van der Waals surface area (Å²) in [6.45, 7) is 12.6. The SMILES string of the molecule is CCO[Si](CC)(CC)[Si](CC)(CC)c1ccccc1. The maximum Gasteiger partial charge on any atom is 0.184 e. The number of hydrogen-bond donors (Lipinski definition) is 0. The fourth-order valence-electron chi connectivity index (χ4n) is 3.87. The number of rotatable bonds is 8. The summed E-state index contributed by atoms with van der Waals surface area (Å²) in [4.78, 5) is 0. The van der Waals surface area contributed by atoms with Crippen molar-refractivity contribution in [3.63, 3.8) is 0 Å². The summed E-state index contributed by atoms with van der Waals surface area (Å²) < 4.78 is 6.53. The van der Waals surface area contributed by atoms with Gasteiger partial charge in [0.2, 0.25) is 0 Å². The molecule has 0 fully saturated rings. The number of benzene rings is 1. The van der Waals surface area contributed by atoms with Gasteiger partial charge in [-0.1, -0.05) is 75.3 Å². The summed E-state index contributed by atoms with van der Waals surface area (Å²) in [5.41, 5.74) is 0. The van der Waals surface area contributed by atoms with E-state index in [1.54, 1.807) is 5.19 Å². The van der Waals surface area contributed by atoms with Crippen LogP contribution in [0.15, 0.2) is 30.3 Å². The van der Waals surface area contributed by atoms with Gasteiger partial charge in [-0.3, -0.25) is 0 Å². The summed E-state index contributed by atoms with van der Waals surface area (Å²) in [7, 11) is -3.13. The van der Waals surface area contributed by atoms with Gasteiger partial charge in [-0.25, -0.2) is 0 Å². The Morgan fingerprint density at radius 2 is 1.32 bits per heavy atom. The normalized spacial score (nSPS) is 12.7. The minimum atomic E-state index is -1.63. The lowest BCUT2D eigenvalue weighted by molar-refractivity contribution is 0.333. The van der Waals surface area contributed by atoms with Crippen molar-refractivity contribution < 1.29 is 4.43 Å². The summed E-state index contributed by atoms with van der Waals surface area (Å²) in [5.74, 6) is 0. The summed E-state index contributed by atoms with van der Waals surface area (Å²) in [6, 6.07) is 16.5. The lowest BCUT2D eigenvalue weighted by Crippen LogP contribution is -2.70. The molecule has 0 spiro atoms. The maximum absolute atomic E-state index is 6.53. The van der Waals surface area contributed by atoms with Crippen LogP contribution in [0.4, 0.5) is 0 Å². The molecule has 1 rings (SSSR count). The van der Waals surface area contributed by atoms with Gasteiger partial charge in [0.25, 0.3) is 0 Å². The molecule has 0 atom stereocenters. The minimum absolute atomic E-state index is 0.884. The van der Waals surface area contributed by atoms with Crippen molar-refractivity contribution in [3.05, 3.63) is 30.3 Å². The van der Waals surface area contributed by atoms with Gasteiger partial charge in [0.15, 0.2) is 7.83 Å². The van der Waals surface area contributed by atoms with Gasteiger partial charge in [0, 0.05) is 6.61 Å². The molecule has 0 unspecified atom stereocenters. The number of hydrogen-bond acceptors (Lipinski definition) is 1. The molecule has 0 saturated heterocycles. The Hall–Kier alpha value is -0.386. The third-order valence-corrected chi connectivity index (χ3v) is 24.5. The Morgan fingerprint density at radius 1 is 0.789 bits per heavy atom. The fourth-order valence-corrected chi connectivity index (χ4v) is 22.2. The highest BCUT2D eigenvalue weighted by molar-refractivity contribution is 7.45. The molecular weight excluding hydrogens is 264 g/mol. The van der Waals surface area contributed by atoms with E-state index in [0.717, 1.165) is 6.61 Å². The molecule has 0 radical (unpaired) electrons. The monoisotopic (exact) mass is 294 g/mol. The van der Waals surface area contributed by atoms with Gasteiger partial charge in [-0.2, -0.15) is 0 Å². The lowest BCUT2D eigenvalue weighted by Gasteiger charge is -2.46. The Kier molecular flexibility index (Phi) is 6.50. The molecule has 0 saturated carbocycles. The topological polar surface area (TPSA) is 9.23 Å². The van der Waals surface area contributed by atoms with Gasteiger partial charge >= 0.3 is 0 Å². The third-order valence-electron chi connectivity index (χ3n) is 4.97. The summed E-state index contributed by atoms with van der Waals surface area (Å²) in [6.07, 6.45) is 0. The first-order valence-corrected chi connectivity index (χ1v) is 13.6. The van der Waals surface area contributed by atoms with Crippen LogP contribution in [-0.4, -0.2) is 22.0 Å². The highest BCUT2D eigenvalue weighted by Crippen LogP contribution is 2.34. The standard InChI is InChI=1S/C16H30OSi2/c1-6-17-19(9-4,10-5)18(7-2,8-3)16-14-12-11-13-15-16/h11-15H,6-10H2,1-5H3. The molecule has 0 bridgehead atoms. The second-order valence-electron chi connectivity index (χ2n) is 5.29. The highest BCUT2D eigenvalue weighted by atomic mass is 29.3. The van der Waals surface area contributed by atoms with E-state index >= 15 is 0 Å². The Labute approximate surface area is 121 Å². The second-order valence-corrected chi connectivity index (χ2v) is 18.7. The average Bonchev–Trinajstić information content (AvgIpc) is 2.49. The predicted octanol–water partition coefficient (Wildman–Crippen LogP) is 4.48. The van der Waals surface area contributed by atoms with Crippen molar-refractivity contribution in [1.82, 2.24) is 0 Å². The van der Waals surface area contributed by atoms with Gasteiger partial charge < -0.3 is 4.43 Å². The first-order chi connectivity index (χ1) is 9.16. The van der Waals surface area contributed by atoms with Crippen LogP contribution in [0.1, 0.15) is 34.6 Å². The molecule has 0 heterocycles. The van der Waals surface area contributed by atoms with Crippen LogP contribution in [0, 0.1) is 0 Å². The van der Waals surface area contributed by atoms with Gasteiger partial charge in [0.1, 0.15) is 7.59 Å². The zero-order valence-corrected chi connectivity index (χ0v) is 15.3. The molecule has 0 aromatic heterocycles. The lowest BCUT2D eigenvalue weighted by atomic mass is 10.4. The quantitative estimate of drug-likeness (QED) is 0.642. The van der Waals surface area contributed by atoms with Crippen LogP contribution in [-0.2, 0) is 4.43 Å². The van der Waals surface area contributed by atoms with E-state index in [4.69, 9.17) is 4.43 Å². The van der Waals surface area contributed by atoms with Gasteiger partial charge in [0.05, 0.1) is 0 Å². The first kappa shape index (κ1) is 16.7. The zero-order chi connectivity index (χ0) is 14.4. The van der Waals surface area contributed by atoms with E-state index in [1.807, 2.05) is 0 Å². The molecule has 0 N–H and O–H groups in total. The maximum atomic E-state index is 6.53. The van der Waals surface area contributed by atoms with Crippen molar-refractivity contribution in [2.45, 2.75) is 58.8 Å². The molecule has 0 aliphatic carbocycles. The molecule has 1 aromatic carbocycles. The van der Waals surface area contributed by atoms with E-state index in [9.17, 15) is 0 Å². The fraction of sp³-hybridized carbons (Fsp3) is 0.625. The van der Waals surface area contributed by atoms with Crippen LogP contribution in [0.2, 0.25) is 24.2 Å². The smallest absolute Gasteiger partial charge is 0.184 e. The van der Waals surface area contributed by atoms with Crippen molar-refractivity contribution >= 4 is 20.6 Å². The first-order valence-electron chi connectivity index (χ1n) is 7.85. The Balaban J connectivity index is 3.38. The van der Waals surface area contributed by atoms with Crippen LogP contribution < -0.4 is 5.19 Å². The van der Waals surface area contributed by atoms with E-state index in [-0.39, 0.29) is 0 Å². The molecule has 3 heteroatoms. The van der Waals surface area contributed by atoms with Crippen LogP contribution in [0.5, 0.6) is 0 Å². The highest BCUT2D eigenvalue weighted by Gasteiger charge is 2.53. The molecule has 1 nitrogen and oxygen atoms in total. The van der Waals surface area contributed by atoms with Crippen molar-refractivity contribution in [2.24, 2.45) is 0 Å². The van der Waals surface area contributed by atoms with Crippen molar-refractivity contribution in [2.75, 3.05) is 6.61 Å². The van der Waals surface area contributed by atoms with Crippen molar-refractivity contribution in [1.29, 1.82) is 0 Å². The third kappa shape index (κ3) is 2.88. The molecule has 0 aliphatic rings. The zero-order valence-electron chi connectivity index (χ0n) is 13.3. The molecule has 0 aliphatic heterocycles. The molecule has 0 amide bonds. The van der Waals surface area contributed by atoms with Gasteiger partial charge in [-0.15, -0.1) is 0 Å².